The lowest BCUT2D eigenvalue weighted by Gasteiger charge is -2.40. The van der Waals surface area contributed by atoms with Crippen molar-refractivity contribution in [3.63, 3.8) is 0 Å². The third kappa shape index (κ3) is 5.43. The molecule has 26 heavy (non-hydrogen) atoms. The second-order valence-corrected chi connectivity index (χ2v) is 9.79. The number of aliphatic hydroxyl groups excluding tert-OH is 2. The molecule has 0 bridgehead atoms. The van der Waals surface area contributed by atoms with E-state index in [1.165, 1.54) is 0 Å². The van der Waals surface area contributed by atoms with Gasteiger partial charge in [-0.25, -0.2) is 0 Å². The molecule has 1 rings (SSSR count). The van der Waals surface area contributed by atoms with Crippen LogP contribution in [-0.2, 0) is 9.59 Å². The van der Waals surface area contributed by atoms with E-state index in [-0.39, 0.29) is 35.9 Å². The maximum Gasteiger partial charge on any atom is 0.236 e. The minimum atomic E-state index is -1.13. The zero-order valence-corrected chi connectivity index (χ0v) is 17.3. The van der Waals surface area contributed by atoms with Gasteiger partial charge in [0.1, 0.15) is 5.41 Å². The lowest BCUT2D eigenvalue weighted by atomic mass is 9.71. The number of hydrogen-bond acceptors (Lipinski definition) is 4. The summed E-state index contributed by atoms with van der Waals surface area (Å²) in [5, 5.41) is 25.2. The number of hydrogen-bond donors (Lipinski definition) is 4. The normalized spacial score (nSPS) is 20.2. The van der Waals surface area contributed by atoms with Crippen molar-refractivity contribution >= 4 is 11.8 Å². The zero-order chi connectivity index (χ0) is 20.2. The van der Waals surface area contributed by atoms with Gasteiger partial charge >= 0.3 is 0 Å². The number of aliphatic hydroxyl groups is 2. The Morgan fingerprint density at radius 3 is 1.42 bits per heavy atom. The number of amides is 2. The Labute approximate surface area is 158 Å². The lowest BCUT2D eigenvalue weighted by Crippen LogP contribution is -2.59. The number of rotatable bonds is 6. The van der Waals surface area contributed by atoms with Crippen molar-refractivity contribution in [1.82, 2.24) is 10.6 Å². The zero-order valence-electron chi connectivity index (χ0n) is 17.3. The second kappa shape index (κ2) is 8.70. The first-order chi connectivity index (χ1) is 11.9. The molecule has 1 aliphatic carbocycles. The SMILES string of the molecule is CC(C)(C)[C@H](CO)NC(=O)C1(C(=O)N[C@@H](CO)C(C)(C)C)CCCCC1. The van der Waals surface area contributed by atoms with Crippen molar-refractivity contribution in [3.8, 4) is 0 Å². The highest BCUT2D eigenvalue weighted by Crippen LogP contribution is 2.38. The van der Waals surface area contributed by atoms with Crippen LogP contribution in [0.1, 0.15) is 73.6 Å². The third-order valence-electron chi connectivity index (χ3n) is 5.64. The molecular formula is C20H38N2O4. The van der Waals surface area contributed by atoms with Gasteiger partial charge in [-0.3, -0.25) is 9.59 Å². The number of nitrogens with one attached hydrogen (secondary N) is 2. The van der Waals surface area contributed by atoms with E-state index in [1.54, 1.807) is 0 Å². The Hall–Kier alpha value is -1.14. The summed E-state index contributed by atoms with van der Waals surface area (Å²) in [5.41, 5.74) is -1.75. The van der Waals surface area contributed by atoms with Crippen molar-refractivity contribution in [3.05, 3.63) is 0 Å². The fourth-order valence-corrected chi connectivity index (χ4v) is 3.38. The first-order valence-electron chi connectivity index (χ1n) is 9.72. The van der Waals surface area contributed by atoms with E-state index in [4.69, 9.17) is 0 Å². The van der Waals surface area contributed by atoms with E-state index in [0.717, 1.165) is 19.3 Å². The summed E-state index contributed by atoms with van der Waals surface area (Å²) in [4.78, 5) is 26.3. The van der Waals surface area contributed by atoms with Crippen LogP contribution in [0.2, 0.25) is 0 Å². The molecule has 0 radical (unpaired) electrons. The molecule has 0 aromatic carbocycles. The third-order valence-corrected chi connectivity index (χ3v) is 5.64. The van der Waals surface area contributed by atoms with Crippen LogP contribution < -0.4 is 10.6 Å². The van der Waals surface area contributed by atoms with Gasteiger partial charge in [0, 0.05) is 0 Å². The average Bonchev–Trinajstić information content (AvgIpc) is 2.55. The number of carbonyl (C=O) groups excluding carboxylic acids is 2. The summed E-state index contributed by atoms with van der Waals surface area (Å²) in [6.45, 7) is 11.3. The molecule has 2 amide bonds. The molecule has 152 valence electrons. The van der Waals surface area contributed by atoms with Gasteiger partial charge in [0.15, 0.2) is 0 Å². The summed E-state index contributed by atoms with van der Waals surface area (Å²) in [5.74, 6) is -0.622. The molecule has 0 aliphatic heterocycles. The van der Waals surface area contributed by atoms with Crippen LogP contribution in [0.4, 0.5) is 0 Å². The van der Waals surface area contributed by atoms with Gasteiger partial charge in [-0.1, -0.05) is 60.8 Å². The van der Waals surface area contributed by atoms with Crippen LogP contribution in [0, 0.1) is 16.2 Å². The lowest BCUT2D eigenvalue weighted by molar-refractivity contribution is -0.148. The molecule has 0 aromatic rings. The Morgan fingerprint density at radius 1 is 0.808 bits per heavy atom. The monoisotopic (exact) mass is 370 g/mol. The van der Waals surface area contributed by atoms with Crippen molar-refractivity contribution in [2.75, 3.05) is 13.2 Å². The standard InChI is InChI=1S/C20H38N2O4/c1-18(2,3)14(12-23)21-16(25)20(10-8-7-9-11-20)17(26)22-15(13-24)19(4,5)6/h14-15,23-24H,7-13H2,1-6H3,(H,21,25)(H,22,26)/t14-,15-/m0/s1. The van der Waals surface area contributed by atoms with Crippen LogP contribution in [-0.4, -0.2) is 47.3 Å². The largest absolute Gasteiger partial charge is 0.394 e. The van der Waals surface area contributed by atoms with Crippen LogP contribution in [0.25, 0.3) is 0 Å². The van der Waals surface area contributed by atoms with Gasteiger partial charge in [0.25, 0.3) is 0 Å². The topological polar surface area (TPSA) is 98.7 Å². The molecule has 1 aliphatic rings. The summed E-state index contributed by atoms with van der Waals surface area (Å²) in [6.07, 6.45) is 3.64. The van der Waals surface area contributed by atoms with Crippen LogP contribution >= 0.6 is 0 Å². The van der Waals surface area contributed by atoms with Gasteiger partial charge in [-0.2, -0.15) is 0 Å². The van der Waals surface area contributed by atoms with E-state index in [1.807, 2.05) is 41.5 Å². The van der Waals surface area contributed by atoms with E-state index in [0.29, 0.717) is 12.8 Å². The molecule has 4 N–H and O–H groups in total. The van der Waals surface area contributed by atoms with Gasteiger partial charge < -0.3 is 20.8 Å². The molecule has 0 saturated heterocycles. The Bertz CT molecular complexity index is 447. The van der Waals surface area contributed by atoms with E-state index >= 15 is 0 Å². The smallest absolute Gasteiger partial charge is 0.236 e. The minimum absolute atomic E-state index is 0.172. The molecule has 1 fully saturated rings. The average molecular weight is 371 g/mol. The van der Waals surface area contributed by atoms with Crippen LogP contribution in [0.3, 0.4) is 0 Å². The fourth-order valence-electron chi connectivity index (χ4n) is 3.38. The highest BCUT2D eigenvalue weighted by Gasteiger charge is 2.48. The predicted molar refractivity (Wildman–Crippen MR) is 102 cm³/mol. The molecule has 0 aromatic heterocycles. The van der Waals surface area contributed by atoms with Gasteiger partial charge in [0.05, 0.1) is 25.3 Å². The van der Waals surface area contributed by atoms with E-state index in [2.05, 4.69) is 10.6 Å². The Morgan fingerprint density at radius 2 is 1.15 bits per heavy atom. The molecule has 6 heteroatoms. The van der Waals surface area contributed by atoms with Crippen LogP contribution in [0.15, 0.2) is 0 Å². The number of carbonyl (C=O) groups is 2. The molecule has 0 unspecified atom stereocenters. The van der Waals surface area contributed by atoms with Crippen molar-refractivity contribution < 1.29 is 19.8 Å². The highest BCUT2D eigenvalue weighted by molar-refractivity contribution is 6.05. The minimum Gasteiger partial charge on any atom is -0.394 e. The molecule has 1 saturated carbocycles. The summed E-state index contributed by atoms with van der Waals surface area (Å²) >= 11 is 0. The maximum atomic E-state index is 13.2. The summed E-state index contributed by atoms with van der Waals surface area (Å²) < 4.78 is 0. The molecule has 0 heterocycles. The molecule has 0 spiro atoms. The fraction of sp³-hybridized carbons (Fsp3) is 0.900. The Kier molecular flexibility index (Phi) is 7.66. The van der Waals surface area contributed by atoms with E-state index in [9.17, 15) is 19.8 Å². The molecule has 6 nitrogen and oxygen atoms in total. The second-order valence-electron chi connectivity index (χ2n) is 9.79. The van der Waals surface area contributed by atoms with Gasteiger partial charge in [0.2, 0.25) is 11.8 Å². The van der Waals surface area contributed by atoms with Crippen molar-refractivity contribution in [2.24, 2.45) is 16.2 Å². The summed E-state index contributed by atoms with van der Waals surface area (Å²) in [7, 11) is 0. The van der Waals surface area contributed by atoms with Gasteiger partial charge in [-0.15, -0.1) is 0 Å². The molecule has 2 atom stereocenters. The van der Waals surface area contributed by atoms with Crippen LogP contribution in [0.5, 0.6) is 0 Å². The van der Waals surface area contributed by atoms with Crippen molar-refractivity contribution in [1.29, 1.82) is 0 Å². The highest BCUT2D eigenvalue weighted by atomic mass is 16.3. The molecular weight excluding hydrogens is 332 g/mol. The predicted octanol–water partition coefficient (Wildman–Crippen LogP) is 1.98. The Balaban J connectivity index is 3.06. The first-order valence-corrected chi connectivity index (χ1v) is 9.72. The van der Waals surface area contributed by atoms with E-state index < -0.39 is 17.5 Å². The van der Waals surface area contributed by atoms with Crippen molar-refractivity contribution in [2.45, 2.75) is 85.7 Å². The quantitative estimate of drug-likeness (QED) is 0.537. The summed E-state index contributed by atoms with van der Waals surface area (Å²) in [6, 6.07) is -0.837. The first kappa shape index (κ1) is 22.9. The van der Waals surface area contributed by atoms with Gasteiger partial charge in [-0.05, 0) is 23.7 Å². The maximum absolute atomic E-state index is 13.2.